The first-order valence-electron chi connectivity index (χ1n) is 14.2. The van der Waals surface area contributed by atoms with Crippen LogP contribution in [0.1, 0.15) is 92.4 Å². The van der Waals surface area contributed by atoms with E-state index in [1.807, 2.05) is 0 Å². The van der Waals surface area contributed by atoms with Crippen molar-refractivity contribution < 1.29 is 23.9 Å². The highest BCUT2D eigenvalue weighted by Gasteiger charge is 2.65. The fourth-order valence-electron chi connectivity index (χ4n) is 9.76. The van der Waals surface area contributed by atoms with Crippen LogP contribution in [0.4, 0.5) is 0 Å². The molecule has 198 valence electrons. The Morgan fingerprint density at radius 2 is 1.54 bits per heavy atom. The molecule has 4 fully saturated rings. The lowest BCUT2D eigenvalue weighted by atomic mass is 9.46. The quantitative estimate of drug-likeness (QED) is 0.406. The van der Waals surface area contributed by atoms with Gasteiger partial charge in [-0.25, -0.2) is 0 Å². The number of rotatable bonds is 7. The third-order valence-electron chi connectivity index (χ3n) is 11.7. The summed E-state index contributed by atoms with van der Waals surface area (Å²) in [5, 5.41) is 0. The van der Waals surface area contributed by atoms with Gasteiger partial charge in [0.05, 0.1) is 26.1 Å². The molecule has 0 bridgehead atoms. The number of carbonyl (C=O) groups is 3. The molecule has 5 nitrogen and oxygen atoms in total. The summed E-state index contributed by atoms with van der Waals surface area (Å²) in [6, 6.07) is 0. The number of hydrogen-bond donors (Lipinski definition) is 0. The van der Waals surface area contributed by atoms with Crippen molar-refractivity contribution in [2.24, 2.45) is 64.1 Å². The van der Waals surface area contributed by atoms with E-state index in [2.05, 4.69) is 34.6 Å². The van der Waals surface area contributed by atoms with Crippen LogP contribution in [-0.2, 0) is 23.9 Å². The topological polar surface area (TPSA) is 69.7 Å². The number of esters is 2. The maximum absolute atomic E-state index is 13.7. The fraction of sp³-hybridized carbons (Fsp3) is 0.900. The van der Waals surface area contributed by atoms with Crippen molar-refractivity contribution >= 4 is 17.7 Å². The summed E-state index contributed by atoms with van der Waals surface area (Å²) in [6.07, 6.45) is 8.98. The molecule has 0 aromatic heterocycles. The molecule has 0 aliphatic heterocycles. The van der Waals surface area contributed by atoms with Crippen molar-refractivity contribution in [3.63, 3.8) is 0 Å². The van der Waals surface area contributed by atoms with E-state index in [4.69, 9.17) is 9.47 Å². The molecule has 35 heavy (non-hydrogen) atoms. The van der Waals surface area contributed by atoms with Crippen LogP contribution in [0, 0.1) is 64.1 Å². The van der Waals surface area contributed by atoms with Crippen LogP contribution in [0.2, 0.25) is 0 Å². The molecule has 5 heteroatoms. The molecule has 0 spiro atoms. The zero-order valence-electron chi connectivity index (χ0n) is 23.1. The van der Waals surface area contributed by atoms with Crippen LogP contribution in [-0.4, -0.2) is 31.9 Å². The van der Waals surface area contributed by atoms with Gasteiger partial charge < -0.3 is 9.47 Å². The van der Waals surface area contributed by atoms with Gasteiger partial charge in [0.1, 0.15) is 5.78 Å². The second-order valence-electron chi connectivity index (χ2n) is 13.3. The molecule has 0 N–H and O–H groups in total. The minimum Gasteiger partial charge on any atom is -0.469 e. The van der Waals surface area contributed by atoms with E-state index in [0.717, 1.165) is 38.5 Å². The van der Waals surface area contributed by atoms with E-state index < -0.39 is 0 Å². The molecular formula is C30H48O5. The van der Waals surface area contributed by atoms with Gasteiger partial charge >= 0.3 is 11.9 Å². The van der Waals surface area contributed by atoms with E-state index >= 15 is 0 Å². The van der Waals surface area contributed by atoms with Gasteiger partial charge in [0, 0.05) is 12.3 Å². The first-order chi connectivity index (χ1) is 16.5. The van der Waals surface area contributed by atoms with Gasteiger partial charge in [-0.05, 0) is 97.7 Å². The average molecular weight is 489 g/mol. The largest absolute Gasteiger partial charge is 0.469 e. The summed E-state index contributed by atoms with van der Waals surface area (Å²) in [5.41, 5.74) is 0.270. The monoisotopic (exact) mass is 488 g/mol. The van der Waals surface area contributed by atoms with Crippen LogP contribution in [0.5, 0.6) is 0 Å². The molecule has 0 heterocycles. The number of Topliss-reactive ketones (excluding diaryl/α,β-unsaturated/α-hetero) is 1. The van der Waals surface area contributed by atoms with E-state index in [1.165, 1.54) is 27.1 Å². The summed E-state index contributed by atoms with van der Waals surface area (Å²) in [5.74, 6) is 2.65. The fourth-order valence-corrected chi connectivity index (χ4v) is 9.76. The van der Waals surface area contributed by atoms with Gasteiger partial charge in [0.25, 0.3) is 0 Å². The highest BCUT2D eigenvalue weighted by Crippen LogP contribution is 2.69. The molecule has 1 unspecified atom stereocenters. The van der Waals surface area contributed by atoms with Gasteiger partial charge in [-0.15, -0.1) is 0 Å². The molecule has 4 saturated carbocycles. The third kappa shape index (κ3) is 4.27. The van der Waals surface area contributed by atoms with Crippen molar-refractivity contribution in [1.82, 2.24) is 0 Å². The summed E-state index contributed by atoms with van der Waals surface area (Å²) >= 11 is 0. The van der Waals surface area contributed by atoms with Crippen molar-refractivity contribution in [3.8, 4) is 0 Å². The Kier molecular flexibility index (Phi) is 7.48. The van der Waals surface area contributed by atoms with Crippen molar-refractivity contribution in [1.29, 1.82) is 0 Å². The van der Waals surface area contributed by atoms with E-state index in [0.29, 0.717) is 35.9 Å². The normalized spacial score (nSPS) is 42.1. The molecule has 4 rings (SSSR count). The highest BCUT2D eigenvalue weighted by atomic mass is 16.5. The molecule has 4 aliphatic carbocycles. The van der Waals surface area contributed by atoms with Crippen LogP contribution in [0.3, 0.4) is 0 Å². The Balaban J connectivity index is 1.50. The van der Waals surface area contributed by atoms with E-state index in [-0.39, 0.29) is 52.4 Å². The minimum atomic E-state index is -0.118. The van der Waals surface area contributed by atoms with Crippen molar-refractivity contribution in [3.05, 3.63) is 0 Å². The Hall–Kier alpha value is -1.39. The number of ketones is 1. The van der Waals surface area contributed by atoms with Crippen molar-refractivity contribution in [2.75, 3.05) is 14.2 Å². The zero-order chi connectivity index (χ0) is 25.7. The maximum Gasteiger partial charge on any atom is 0.308 e. The Morgan fingerprint density at radius 1 is 0.886 bits per heavy atom. The molecule has 10 atom stereocenters. The lowest BCUT2D eigenvalue weighted by Crippen LogP contribution is -2.55. The van der Waals surface area contributed by atoms with Gasteiger partial charge in [-0.3, -0.25) is 14.4 Å². The number of methoxy groups -OCH3 is 2. The lowest BCUT2D eigenvalue weighted by molar-refractivity contribution is -0.158. The SMILES string of the molecule is COC(=O)C(CC[C@@H](C)[C@H]1CC[C@H]2[C@@H]3C(=O)C[C@@H]4[C@@H](C(=O)OC)CC[C@]4(C)[C@H]3CC[C@]12C)C(C)C. The molecule has 4 aliphatic rings. The van der Waals surface area contributed by atoms with Gasteiger partial charge in [-0.2, -0.15) is 0 Å². The Bertz CT molecular complexity index is 835. The standard InChI is InChI=1S/C30H48O5/c1-17(2)19(27(32)34-6)9-8-18(3)21-10-11-22-26-23(13-15-29(21,22)4)30(5)14-12-20(28(33)35-7)24(30)16-25(26)31/h17-24,26H,8-16H2,1-7H3/t18-,19?,20+,21-,22+,23+,24-,26+,29-,30-/m1/s1. The van der Waals surface area contributed by atoms with E-state index in [1.54, 1.807) is 0 Å². The number of ether oxygens (including phenoxy) is 2. The third-order valence-corrected chi connectivity index (χ3v) is 11.7. The second-order valence-corrected chi connectivity index (χ2v) is 13.3. The second kappa shape index (κ2) is 9.82. The molecule has 0 aromatic rings. The molecule has 0 aromatic carbocycles. The summed E-state index contributed by atoms with van der Waals surface area (Å²) in [4.78, 5) is 38.5. The van der Waals surface area contributed by atoms with Gasteiger partial charge in [0.2, 0.25) is 0 Å². The zero-order valence-corrected chi connectivity index (χ0v) is 23.1. The van der Waals surface area contributed by atoms with Crippen LogP contribution in [0.15, 0.2) is 0 Å². The summed E-state index contributed by atoms with van der Waals surface area (Å²) < 4.78 is 10.2. The predicted molar refractivity (Wildman–Crippen MR) is 135 cm³/mol. The first kappa shape index (κ1) is 26.7. The number of fused-ring (bicyclic) bond motifs is 5. The van der Waals surface area contributed by atoms with Gasteiger partial charge in [-0.1, -0.05) is 34.6 Å². The maximum atomic E-state index is 13.7. The summed E-state index contributed by atoms with van der Waals surface area (Å²) in [7, 11) is 2.97. The average Bonchev–Trinajstić information content (AvgIpc) is 3.35. The van der Waals surface area contributed by atoms with Crippen molar-refractivity contribution in [2.45, 2.75) is 92.4 Å². The molecular weight excluding hydrogens is 440 g/mol. The number of carbonyl (C=O) groups excluding carboxylic acids is 3. The molecule has 0 saturated heterocycles. The predicted octanol–water partition coefficient (Wildman–Crippen LogP) is 6.08. The highest BCUT2D eigenvalue weighted by molar-refractivity contribution is 5.85. The van der Waals surface area contributed by atoms with Gasteiger partial charge in [0.15, 0.2) is 0 Å². The smallest absolute Gasteiger partial charge is 0.308 e. The molecule has 0 radical (unpaired) electrons. The van der Waals surface area contributed by atoms with Crippen LogP contribution >= 0.6 is 0 Å². The Morgan fingerprint density at radius 3 is 2.17 bits per heavy atom. The van der Waals surface area contributed by atoms with Crippen LogP contribution in [0.25, 0.3) is 0 Å². The van der Waals surface area contributed by atoms with Crippen LogP contribution < -0.4 is 0 Å². The lowest BCUT2D eigenvalue weighted by Gasteiger charge is -2.57. The number of hydrogen-bond acceptors (Lipinski definition) is 5. The minimum absolute atomic E-state index is 0.0369. The summed E-state index contributed by atoms with van der Waals surface area (Å²) in [6.45, 7) is 11.4. The first-order valence-corrected chi connectivity index (χ1v) is 14.2. The molecule has 0 amide bonds. The van der Waals surface area contributed by atoms with E-state index in [9.17, 15) is 14.4 Å². The Labute approximate surface area is 212 Å².